The highest BCUT2D eigenvalue weighted by Gasteiger charge is 2.19. The molecule has 1 heterocycles. The zero-order chi connectivity index (χ0) is 8.43. The number of carbonyl (C=O) groups is 1. The van der Waals surface area contributed by atoms with Crippen LogP contribution in [0.5, 0.6) is 0 Å². The third-order valence-corrected chi connectivity index (χ3v) is 1.63. The molecule has 0 aliphatic carbocycles. The number of aryl methyl sites for hydroxylation is 1. The lowest BCUT2D eigenvalue weighted by molar-refractivity contribution is -0.137. The normalized spacial score (nSPS) is 12.9. The Bertz CT molecular complexity index is 266. The first-order valence-electron chi connectivity index (χ1n) is 3.04. The highest BCUT2D eigenvalue weighted by atomic mass is 35.5. The van der Waals surface area contributed by atoms with Gasteiger partial charge < -0.3 is 9.52 Å². The molecule has 0 saturated heterocycles. The van der Waals surface area contributed by atoms with Crippen molar-refractivity contribution in [2.45, 2.75) is 12.3 Å². The number of hydrogen-bond donors (Lipinski definition) is 1. The first-order valence-corrected chi connectivity index (χ1v) is 3.48. The molecule has 4 heteroatoms. The maximum atomic E-state index is 10.3. The summed E-state index contributed by atoms with van der Waals surface area (Å²) in [5.41, 5.74) is 0. The molecule has 0 aromatic carbocycles. The fourth-order valence-corrected chi connectivity index (χ4v) is 0.829. The standard InChI is InChI=1S/C7H7ClO3/c1-4-2-3-5(11-4)6(8)7(9)10/h2-3,6H,1H3,(H,9,10). The SMILES string of the molecule is Cc1ccc(C(Cl)C(=O)O)o1. The molecule has 0 aliphatic heterocycles. The third kappa shape index (κ3) is 1.74. The molecule has 1 rings (SSSR count). The Morgan fingerprint density at radius 2 is 2.36 bits per heavy atom. The number of halogens is 1. The Morgan fingerprint density at radius 3 is 2.73 bits per heavy atom. The van der Waals surface area contributed by atoms with E-state index < -0.39 is 11.3 Å². The van der Waals surface area contributed by atoms with Crippen molar-refractivity contribution < 1.29 is 14.3 Å². The van der Waals surface area contributed by atoms with Crippen molar-refractivity contribution in [3.05, 3.63) is 23.7 Å². The van der Waals surface area contributed by atoms with E-state index >= 15 is 0 Å². The van der Waals surface area contributed by atoms with Crippen molar-refractivity contribution in [1.29, 1.82) is 0 Å². The van der Waals surface area contributed by atoms with Crippen LogP contribution in [0.1, 0.15) is 16.9 Å². The first-order chi connectivity index (χ1) is 5.11. The molecular weight excluding hydrogens is 168 g/mol. The van der Waals surface area contributed by atoms with Gasteiger partial charge >= 0.3 is 5.97 Å². The number of aliphatic carboxylic acids is 1. The number of rotatable bonds is 2. The lowest BCUT2D eigenvalue weighted by Gasteiger charge is -1.97. The minimum absolute atomic E-state index is 0.275. The molecule has 0 saturated carbocycles. The van der Waals surface area contributed by atoms with Gasteiger partial charge in [0.15, 0.2) is 5.38 Å². The summed E-state index contributed by atoms with van der Waals surface area (Å²) in [6, 6.07) is 3.23. The fourth-order valence-electron chi connectivity index (χ4n) is 0.711. The van der Waals surface area contributed by atoms with E-state index in [1.54, 1.807) is 19.1 Å². The average molecular weight is 175 g/mol. The van der Waals surface area contributed by atoms with E-state index in [0.717, 1.165) is 0 Å². The smallest absolute Gasteiger partial charge is 0.329 e. The summed E-state index contributed by atoms with van der Waals surface area (Å²) in [5, 5.41) is 7.37. The van der Waals surface area contributed by atoms with Crippen LogP contribution < -0.4 is 0 Å². The van der Waals surface area contributed by atoms with Crippen LogP contribution in [-0.2, 0) is 4.79 Å². The van der Waals surface area contributed by atoms with Gasteiger partial charge in [-0.05, 0) is 19.1 Å². The first kappa shape index (κ1) is 8.14. The Balaban J connectivity index is 2.84. The zero-order valence-electron chi connectivity index (χ0n) is 5.87. The second-order valence-electron chi connectivity index (χ2n) is 2.15. The summed E-state index contributed by atoms with van der Waals surface area (Å²) in [4.78, 5) is 10.3. The fraction of sp³-hybridized carbons (Fsp3) is 0.286. The maximum Gasteiger partial charge on any atom is 0.329 e. The van der Waals surface area contributed by atoms with E-state index in [0.29, 0.717) is 5.76 Å². The topological polar surface area (TPSA) is 50.4 Å². The minimum Gasteiger partial charge on any atom is -0.480 e. The molecule has 1 atom stereocenters. The van der Waals surface area contributed by atoms with Crippen LogP contribution in [0.4, 0.5) is 0 Å². The number of alkyl halides is 1. The Kier molecular flexibility index (Phi) is 2.19. The van der Waals surface area contributed by atoms with Crippen molar-refractivity contribution in [3.8, 4) is 0 Å². The van der Waals surface area contributed by atoms with Crippen LogP contribution in [0.3, 0.4) is 0 Å². The summed E-state index contributed by atoms with van der Waals surface area (Å²) >= 11 is 5.46. The Morgan fingerprint density at radius 1 is 1.73 bits per heavy atom. The predicted molar refractivity (Wildman–Crippen MR) is 39.7 cm³/mol. The largest absolute Gasteiger partial charge is 0.480 e. The summed E-state index contributed by atoms with van der Waals surface area (Å²) in [6.07, 6.45) is 0. The lowest BCUT2D eigenvalue weighted by atomic mass is 10.3. The van der Waals surface area contributed by atoms with Gasteiger partial charge in [-0.15, -0.1) is 11.6 Å². The Hall–Kier alpha value is -0.960. The van der Waals surface area contributed by atoms with Crippen molar-refractivity contribution in [2.75, 3.05) is 0 Å². The van der Waals surface area contributed by atoms with Crippen LogP contribution in [0.2, 0.25) is 0 Å². The average Bonchev–Trinajstić information content (AvgIpc) is 2.34. The van der Waals surface area contributed by atoms with Crippen molar-refractivity contribution in [2.24, 2.45) is 0 Å². The number of carboxylic acids is 1. The Labute approximate surface area is 68.6 Å². The molecule has 1 N–H and O–H groups in total. The summed E-state index contributed by atoms with van der Waals surface area (Å²) < 4.78 is 4.99. The van der Waals surface area contributed by atoms with E-state index in [1.165, 1.54) is 0 Å². The third-order valence-electron chi connectivity index (χ3n) is 1.23. The summed E-state index contributed by atoms with van der Waals surface area (Å²) in [5.74, 6) is -0.162. The van der Waals surface area contributed by atoms with Gasteiger partial charge in [0.1, 0.15) is 11.5 Å². The van der Waals surface area contributed by atoms with Crippen LogP contribution in [0.25, 0.3) is 0 Å². The summed E-state index contributed by atoms with van der Waals surface area (Å²) in [7, 11) is 0. The minimum atomic E-state index is -1.10. The summed E-state index contributed by atoms with van der Waals surface area (Å²) in [6.45, 7) is 1.73. The number of hydrogen-bond acceptors (Lipinski definition) is 2. The lowest BCUT2D eigenvalue weighted by Crippen LogP contribution is -2.03. The molecule has 0 amide bonds. The number of furan rings is 1. The molecule has 1 aromatic rings. The maximum absolute atomic E-state index is 10.3. The van der Waals surface area contributed by atoms with Crippen molar-refractivity contribution in [3.63, 3.8) is 0 Å². The van der Waals surface area contributed by atoms with Crippen LogP contribution in [0.15, 0.2) is 16.5 Å². The molecule has 0 bridgehead atoms. The molecule has 0 fully saturated rings. The second-order valence-corrected chi connectivity index (χ2v) is 2.59. The van der Waals surface area contributed by atoms with E-state index in [2.05, 4.69) is 0 Å². The van der Waals surface area contributed by atoms with Crippen LogP contribution >= 0.6 is 11.6 Å². The second kappa shape index (κ2) is 2.96. The molecule has 1 aromatic heterocycles. The van der Waals surface area contributed by atoms with Crippen LogP contribution in [0, 0.1) is 6.92 Å². The van der Waals surface area contributed by atoms with E-state index in [1.807, 2.05) is 0 Å². The van der Waals surface area contributed by atoms with Gasteiger partial charge in [-0.25, -0.2) is 0 Å². The van der Waals surface area contributed by atoms with Gasteiger partial charge in [0, 0.05) is 0 Å². The van der Waals surface area contributed by atoms with Gasteiger partial charge in [0.2, 0.25) is 0 Å². The van der Waals surface area contributed by atoms with Crippen LogP contribution in [-0.4, -0.2) is 11.1 Å². The quantitative estimate of drug-likeness (QED) is 0.698. The van der Waals surface area contributed by atoms with E-state index in [9.17, 15) is 4.79 Å². The molecule has 11 heavy (non-hydrogen) atoms. The highest BCUT2D eigenvalue weighted by Crippen LogP contribution is 2.22. The van der Waals surface area contributed by atoms with Gasteiger partial charge in [0.25, 0.3) is 0 Å². The predicted octanol–water partition coefficient (Wildman–Crippen LogP) is 1.95. The van der Waals surface area contributed by atoms with E-state index in [4.69, 9.17) is 21.1 Å². The zero-order valence-corrected chi connectivity index (χ0v) is 6.63. The van der Waals surface area contributed by atoms with Gasteiger partial charge in [-0.1, -0.05) is 0 Å². The highest BCUT2D eigenvalue weighted by molar-refractivity contribution is 6.29. The monoisotopic (exact) mass is 174 g/mol. The molecule has 0 radical (unpaired) electrons. The molecule has 60 valence electrons. The molecule has 3 nitrogen and oxygen atoms in total. The molecular formula is C7H7ClO3. The van der Waals surface area contributed by atoms with E-state index in [-0.39, 0.29) is 5.76 Å². The molecule has 1 unspecified atom stereocenters. The van der Waals surface area contributed by atoms with Gasteiger partial charge in [0.05, 0.1) is 0 Å². The molecule has 0 aliphatic rings. The van der Waals surface area contributed by atoms with Gasteiger partial charge in [-0.3, -0.25) is 4.79 Å². The molecule has 0 spiro atoms. The number of carboxylic acid groups (broad SMARTS) is 1. The van der Waals surface area contributed by atoms with Crippen molar-refractivity contribution in [1.82, 2.24) is 0 Å². The van der Waals surface area contributed by atoms with Gasteiger partial charge in [-0.2, -0.15) is 0 Å². The van der Waals surface area contributed by atoms with Crippen molar-refractivity contribution >= 4 is 17.6 Å².